The molecule has 3 nitrogen and oxygen atoms in total. The third kappa shape index (κ3) is 2.26. The number of carbonyl (C=O) groups excluding carboxylic acids is 1. The van der Waals surface area contributed by atoms with Gasteiger partial charge in [-0.2, -0.15) is 5.26 Å². The summed E-state index contributed by atoms with van der Waals surface area (Å²) in [6.07, 6.45) is 3.90. The molecule has 2 saturated heterocycles. The summed E-state index contributed by atoms with van der Waals surface area (Å²) in [4.78, 5) is 12.4. The second-order valence-electron chi connectivity index (χ2n) is 5.30. The van der Waals surface area contributed by atoms with E-state index in [4.69, 9.17) is 10.00 Å². The van der Waals surface area contributed by atoms with E-state index in [1.165, 1.54) is 12.1 Å². The van der Waals surface area contributed by atoms with Crippen molar-refractivity contribution in [1.82, 2.24) is 0 Å². The van der Waals surface area contributed by atoms with Gasteiger partial charge in [-0.1, -0.05) is 0 Å². The van der Waals surface area contributed by atoms with E-state index in [9.17, 15) is 9.18 Å². The second kappa shape index (κ2) is 4.75. The van der Waals surface area contributed by atoms with Gasteiger partial charge in [0.2, 0.25) is 0 Å². The highest BCUT2D eigenvalue weighted by Gasteiger charge is 2.38. The molecule has 2 atom stereocenters. The molecule has 19 heavy (non-hydrogen) atoms. The van der Waals surface area contributed by atoms with Crippen LogP contribution in [0.3, 0.4) is 0 Å². The van der Waals surface area contributed by atoms with Crippen molar-refractivity contribution in [3.8, 4) is 6.07 Å². The van der Waals surface area contributed by atoms with Crippen LogP contribution in [-0.2, 0) is 4.74 Å². The van der Waals surface area contributed by atoms with E-state index in [1.54, 1.807) is 12.1 Å². The lowest BCUT2D eigenvalue weighted by atomic mass is 9.88. The molecule has 2 aliphatic heterocycles. The van der Waals surface area contributed by atoms with Gasteiger partial charge < -0.3 is 4.74 Å². The van der Waals surface area contributed by atoms with Crippen LogP contribution in [-0.4, -0.2) is 18.0 Å². The first kappa shape index (κ1) is 12.3. The Labute approximate surface area is 111 Å². The Kier molecular flexibility index (Phi) is 3.08. The normalized spacial score (nSPS) is 28.9. The van der Waals surface area contributed by atoms with Crippen LogP contribution in [0.5, 0.6) is 0 Å². The fourth-order valence-electron chi connectivity index (χ4n) is 3.07. The molecular weight excluding hydrogens is 245 g/mol. The first-order valence-corrected chi connectivity index (χ1v) is 6.56. The Morgan fingerprint density at radius 1 is 1.32 bits per heavy atom. The van der Waals surface area contributed by atoms with Gasteiger partial charge in [0.1, 0.15) is 11.9 Å². The summed E-state index contributed by atoms with van der Waals surface area (Å²) in [6, 6.07) is 5.85. The molecule has 0 N–H and O–H groups in total. The Morgan fingerprint density at radius 3 is 2.58 bits per heavy atom. The molecule has 0 aliphatic carbocycles. The van der Waals surface area contributed by atoms with E-state index in [-0.39, 0.29) is 29.5 Å². The summed E-state index contributed by atoms with van der Waals surface area (Å²) in [7, 11) is 0. The summed E-state index contributed by atoms with van der Waals surface area (Å²) in [6.45, 7) is 0. The first-order valence-electron chi connectivity index (χ1n) is 6.56. The van der Waals surface area contributed by atoms with Crippen molar-refractivity contribution in [3.63, 3.8) is 0 Å². The van der Waals surface area contributed by atoms with Crippen molar-refractivity contribution < 1.29 is 13.9 Å². The Morgan fingerprint density at radius 2 is 2.00 bits per heavy atom. The van der Waals surface area contributed by atoms with Crippen molar-refractivity contribution in [3.05, 3.63) is 35.1 Å². The number of ether oxygens (including phenoxy) is 1. The maximum Gasteiger partial charge on any atom is 0.166 e. The highest BCUT2D eigenvalue weighted by atomic mass is 19.1. The lowest BCUT2D eigenvalue weighted by molar-refractivity contribution is -0.0149. The van der Waals surface area contributed by atoms with Crippen LogP contribution in [0.25, 0.3) is 0 Å². The number of rotatable bonds is 2. The van der Waals surface area contributed by atoms with Gasteiger partial charge in [-0.15, -0.1) is 0 Å². The zero-order chi connectivity index (χ0) is 13.4. The van der Waals surface area contributed by atoms with Gasteiger partial charge in [0.25, 0.3) is 0 Å². The van der Waals surface area contributed by atoms with Crippen LogP contribution in [0.2, 0.25) is 0 Å². The molecule has 0 spiro atoms. The number of ketones is 1. The number of carbonyl (C=O) groups is 1. The molecule has 4 heteroatoms. The number of hydrogen-bond acceptors (Lipinski definition) is 3. The average Bonchev–Trinajstić information content (AvgIpc) is 2.76. The van der Waals surface area contributed by atoms with Crippen LogP contribution >= 0.6 is 0 Å². The summed E-state index contributed by atoms with van der Waals surface area (Å²) < 4.78 is 19.2. The van der Waals surface area contributed by atoms with Crippen LogP contribution in [0, 0.1) is 23.1 Å². The van der Waals surface area contributed by atoms with E-state index in [2.05, 4.69) is 0 Å². The molecular formula is C15H14FNO2. The predicted octanol–water partition coefficient (Wildman–Crippen LogP) is 2.84. The van der Waals surface area contributed by atoms with Gasteiger partial charge in [-0.25, -0.2) is 4.39 Å². The van der Waals surface area contributed by atoms with E-state index >= 15 is 0 Å². The molecule has 0 saturated carbocycles. The zero-order valence-corrected chi connectivity index (χ0v) is 10.4. The standard InChI is InChI=1S/C15H14FNO2/c16-14-7-9(1-2-10(14)8-17)15(18)11-5-12-3-4-13(6-11)19-12/h1-2,7,11-13H,3-6H2. The molecule has 0 amide bonds. The molecule has 2 bridgehead atoms. The first-order chi connectivity index (χ1) is 9.17. The van der Waals surface area contributed by atoms with Gasteiger partial charge in [0, 0.05) is 11.5 Å². The number of halogens is 1. The molecule has 2 fully saturated rings. The highest BCUT2D eigenvalue weighted by Crippen LogP contribution is 2.37. The minimum absolute atomic E-state index is 0.0244. The van der Waals surface area contributed by atoms with Crippen molar-refractivity contribution in [2.75, 3.05) is 0 Å². The Hall–Kier alpha value is -1.73. The molecule has 2 unspecified atom stereocenters. The quantitative estimate of drug-likeness (QED) is 0.767. The van der Waals surface area contributed by atoms with Gasteiger partial charge >= 0.3 is 0 Å². The average molecular weight is 259 g/mol. The minimum Gasteiger partial charge on any atom is -0.375 e. The zero-order valence-electron chi connectivity index (χ0n) is 10.4. The summed E-state index contributed by atoms with van der Waals surface area (Å²) in [5.41, 5.74) is 0.339. The molecule has 2 aliphatic rings. The molecule has 3 rings (SSSR count). The molecule has 1 aromatic rings. The number of fused-ring (bicyclic) bond motifs is 2. The van der Waals surface area contributed by atoms with Crippen molar-refractivity contribution in [1.29, 1.82) is 5.26 Å². The lowest BCUT2D eigenvalue weighted by Crippen LogP contribution is -2.30. The second-order valence-corrected chi connectivity index (χ2v) is 5.30. The fraction of sp³-hybridized carbons (Fsp3) is 0.467. The number of Topliss-reactive ketones (excluding diaryl/α,β-unsaturated/α-hetero) is 1. The van der Waals surface area contributed by atoms with E-state index in [0.717, 1.165) is 25.7 Å². The van der Waals surface area contributed by atoms with Crippen LogP contribution in [0.4, 0.5) is 4.39 Å². The number of nitrogens with zero attached hydrogens (tertiary/aromatic N) is 1. The van der Waals surface area contributed by atoms with Crippen LogP contribution in [0.15, 0.2) is 18.2 Å². The summed E-state index contributed by atoms with van der Waals surface area (Å²) >= 11 is 0. The molecule has 1 aromatic carbocycles. The van der Waals surface area contributed by atoms with Crippen LogP contribution < -0.4 is 0 Å². The maximum absolute atomic E-state index is 13.5. The van der Waals surface area contributed by atoms with Gasteiger partial charge in [0.15, 0.2) is 5.78 Å². The molecule has 98 valence electrons. The van der Waals surface area contributed by atoms with Crippen molar-refractivity contribution in [2.45, 2.75) is 37.9 Å². The largest absolute Gasteiger partial charge is 0.375 e. The summed E-state index contributed by atoms with van der Waals surface area (Å²) in [5, 5.41) is 8.68. The number of benzene rings is 1. The Balaban J connectivity index is 1.80. The van der Waals surface area contributed by atoms with E-state index in [1.807, 2.05) is 0 Å². The van der Waals surface area contributed by atoms with Crippen LogP contribution in [0.1, 0.15) is 41.6 Å². The summed E-state index contributed by atoms with van der Waals surface area (Å²) in [5.74, 6) is -0.717. The SMILES string of the molecule is N#Cc1ccc(C(=O)C2CC3CCC(C2)O3)cc1F. The number of nitriles is 1. The van der Waals surface area contributed by atoms with E-state index < -0.39 is 5.82 Å². The lowest BCUT2D eigenvalue weighted by Gasteiger charge is -2.27. The van der Waals surface area contributed by atoms with E-state index in [0.29, 0.717) is 5.56 Å². The monoisotopic (exact) mass is 259 g/mol. The predicted molar refractivity (Wildman–Crippen MR) is 66.1 cm³/mol. The smallest absolute Gasteiger partial charge is 0.166 e. The van der Waals surface area contributed by atoms with Crippen molar-refractivity contribution >= 4 is 5.78 Å². The topological polar surface area (TPSA) is 50.1 Å². The molecule has 0 radical (unpaired) electrons. The number of hydrogen-bond donors (Lipinski definition) is 0. The fourth-order valence-corrected chi connectivity index (χ4v) is 3.07. The maximum atomic E-state index is 13.5. The molecule has 2 heterocycles. The van der Waals surface area contributed by atoms with Gasteiger partial charge in [-0.05, 0) is 43.9 Å². The molecule has 0 aromatic heterocycles. The Bertz CT molecular complexity index is 552. The van der Waals surface area contributed by atoms with Gasteiger partial charge in [0.05, 0.1) is 17.8 Å². The van der Waals surface area contributed by atoms with Crippen molar-refractivity contribution in [2.24, 2.45) is 5.92 Å². The minimum atomic E-state index is -0.622. The van der Waals surface area contributed by atoms with Gasteiger partial charge in [-0.3, -0.25) is 4.79 Å². The highest BCUT2D eigenvalue weighted by molar-refractivity contribution is 5.98. The third-order valence-electron chi connectivity index (χ3n) is 4.04. The third-order valence-corrected chi connectivity index (χ3v) is 4.04.